The molecule has 0 aromatic heterocycles. The molecule has 0 saturated carbocycles. The Bertz CT molecular complexity index is 671. The van der Waals surface area contributed by atoms with Crippen molar-refractivity contribution in [1.29, 1.82) is 0 Å². The topological polar surface area (TPSA) is 43.1 Å². The summed E-state index contributed by atoms with van der Waals surface area (Å²) in [5.74, 6) is -0.00588. The average Bonchev–Trinajstić information content (AvgIpc) is 2.62. The second kappa shape index (κ2) is 11.4. The van der Waals surface area contributed by atoms with Gasteiger partial charge >= 0.3 is 0 Å². The van der Waals surface area contributed by atoms with Crippen LogP contribution in [0.1, 0.15) is 31.4 Å². The van der Waals surface area contributed by atoms with Crippen molar-refractivity contribution in [3.63, 3.8) is 0 Å². The summed E-state index contributed by atoms with van der Waals surface area (Å²) < 4.78 is 0. The fourth-order valence-electron chi connectivity index (χ4n) is 1.88. The van der Waals surface area contributed by atoms with E-state index in [-0.39, 0.29) is 5.78 Å². The van der Waals surface area contributed by atoms with E-state index >= 15 is 0 Å². The molecule has 0 heterocycles. The van der Waals surface area contributed by atoms with Crippen LogP contribution >= 0.6 is 11.6 Å². The first-order chi connectivity index (χ1) is 11.6. The minimum atomic E-state index is -0.00588. The predicted molar refractivity (Wildman–Crippen MR) is 105 cm³/mol. The van der Waals surface area contributed by atoms with E-state index in [0.29, 0.717) is 10.6 Å². The zero-order valence-corrected chi connectivity index (χ0v) is 15.0. The van der Waals surface area contributed by atoms with Crippen molar-refractivity contribution in [1.82, 2.24) is 0 Å². The Morgan fingerprint density at radius 3 is 2.17 bits per heavy atom. The Balaban J connectivity index is 0.000000648. The Hall–Kier alpha value is -2.16. The largest absolute Gasteiger partial charge is 0.330 e. The van der Waals surface area contributed by atoms with Gasteiger partial charge in [0.2, 0.25) is 0 Å². The fraction of sp³-hybridized carbons (Fsp3) is 0.190. The third-order valence-electron chi connectivity index (χ3n) is 3.14. The fourth-order valence-corrected chi connectivity index (χ4v) is 2.01. The van der Waals surface area contributed by atoms with Crippen molar-refractivity contribution in [3.8, 4) is 0 Å². The first-order valence-corrected chi connectivity index (χ1v) is 8.40. The molecular formula is C21H24ClNO. The van der Waals surface area contributed by atoms with E-state index in [4.69, 9.17) is 17.3 Å². The number of rotatable bonds is 5. The molecule has 0 fully saturated rings. The Morgan fingerprint density at radius 1 is 1.08 bits per heavy atom. The van der Waals surface area contributed by atoms with E-state index in [1.165, 1.54) is 0 Å². The van der Waals surface area contributed by atoms with Crippen molar-refractivity contribution in [3.05, 3.63) is 82.9 Å². The maximum Gasteiger partial charge on any atom is 0.186 e. The van der Waals surface area contributed by atoms with Crippen LogP contribution in [0.3, 0.4) is 0 Å². The highest BCUT2D eigenvalue weighted by Gasteiger charge is 2.08. The maximum absolute atomic E-state index is 12.2. The van der Waals surface area contributed by atoms with Gasteiger partial charge in [-0.05, 0) is 55.3 Å². The molecule has 2 rings (SSSR count). The summed E-state index contributed by atoms with van der Waals surface area (Å²) in [6, 6.07) is 17.1. The molecule has 0 bridgehead atoms. The third-order valence-corrected chi connectivity index (χ3v) is 3.39. The molecule has 0 aliphatic carbocycles. The van der Waals surface area contributed by atoms with Gasteiger partial charge in [-0.3, -0.25) is 4.79 Å². The number of carbonyl (C=O) groups excluding carboxylic acids is 1. The summed E-state index contributed by atoms with van der Waals surface area (Å²) in [5.41, 5.74) is 7.56. The molecule has 3 heteroatoms. The van der Waals surface area contributed by atoms with Gasteiger partial charge in [-0.2, -0.15) is 0 Å². The lowest BCUT2D eigenvalue weighted by atomic mass is 9.98. The van der Waals surface area contributed by atoms with Crippen molar-refractivity contribution in [2.75, 3.05) is 6.54 Å². The summed E-state index contributed by atoms with van der Waals surface area (Å²) in [5, 5.41) is 0.684. The molecule has 24 heavy (non-hydrogen) atoms. The van der Waals surface area contributed by atoms with E-state index in [9.17, 15) is 4.79 Å². The number of nitrogens with two attached hydrogens (primary N) is 1. The molecule has 0 radical (unpaired) electrons. The van der Waals surface area contributed by atoms with Crippen molar-refractivity contribution in [2.45, 2.75) is 20.3 Å². The molecule has 2 aromatic carbocycles. The van der Waals surface area contributed by atoms with Gasteiger partial charge in [0, 0.05) is 10.6 Å². The zero-order valence-electron chi connectivity index (χ0n) is 14.2. The van der Waals surface area contributed by atoms with Crippen LogP contribution in [0.4, 0.5) is 0 Å². The van der Waals surface area contributed by atoms with Crippen LogP contribution in [0, 0.1) is 0 Å². The Labute approximate surface area is 149 Å². The zero-order chi connectivity index (χ0) is 17.8. The monoisotopic (exact) mass is 341 g/mol. The van der Waals surface area contributed by atoms with E-state index in [1.807, 2.05) is 67.6 Å². The molecule has 2 nitrogen and oxygen atoms in total. The SMILES string of the molecule is C/C=C/C(=O)/C(=C/c1ccc(Cl)cc1)c1ccccc1.CCCN. The van der Waals surface area contributed by atoms with E-state index in [0.717, 1.165) is 24.1 Å². The number of ketones is 1. The molecule has 0 atom stereocenters. The van der Waals surface area contributed by atoms with Gasteiger partial charge in [-0.15, -0.1) is 0 Å². The molecule has 2 N–H and O–H groups in total. The highest BCUT2D eigenvalue weighted by atomic mass is 35.5. The number of carbonyl (C=O) groups is 1. The molecule has 0 unspecified atom stereocenters. The smallest absolute Gasteiger partial charge is 0.186 e. The number of halogens is 1. The predicted octanol–water partition coefficient (Wildman–Crippen LogP) is 5.38. The van der Waals surface area contributed by atoms with Crippen LogP contribution in [-0.2, 0) is 4.79 Å². The highest BCUT2D eigenvalue weighted by molar-refractivity contribution is 6.31. The van der Waals surface area contributed by atoms with Crippen LogP contribution in [0.15, 0.2) is 66.7 Å². The van der Waals surface area contributed by atoms with Gasteiger partial charge in [-0.1, -0.05) is 67.1 Å². The summed E-state index contributed by atoms with van der Waals surface area (Å²) in [7, 11) is 0. The van der Waals surface area contributed by atoms with Crippen molar-refractivity contribution >= 4 is 29.0 Å². The summed E-state index contributed by atoms with van der Waals surface area (Å²) in [4.78, 5) is 12.2. The summed E-state index contributed by atoms with van der Waals surface area (Å²) >= 11 is 5.88. The maximum atomic E-state index is 12.2. The standard InChI is InChI=1S/C18H15ClO.C3H9N/c1-2-6-18(20)17(15-7-4-3-5-8-15)13-14-9-11-16(19)12-10-14;1-2-3-4/h2-13H,1H3;2-4H2,1H3/b6-2+,17-13+;. The second-order valence-electron chi connectivity index (χ2n) is 5.13. The molecule has 126 valence electrons. The Kier molecular flexibility index (Phi) is 9.44. The lowest BCUT2D eigenvalue weighted by molar-refractivity contribution is -0.109. The van der Waals surface area contributed by atoms with Crippen LogP contribution in [-0.4, -0.2) is 12.3 Å². The lowest BCUT2D eigenvalue weighted by Gasteiger charge is -2.05. The third kappa shape index (κ3) is 6.95. The minimum Gasteiger partial charge on any atom is -0.330 e. The average molecular weight is 342 g/mol. The molecule has 0 aliphatic rings. The second-order valence-corrected chi connectivity index (χ2v) is 5.56. The number of hydrogen-bond acceptors (Lipinski definition) is 2. The van der Waals surface area contributed by atoms with Crippen molar-refractivity contribution in [2.24, 2.45) is 5.73 Å². The molecule has 2 aromatic rings. The molecule has 0 saturated heterocycles. The highest BCUT2D eigenvalue weighted by Crippen LogP contribution is 2.21. The Morgan fingerprint density at radius 2 is 1.67 bits per heavy atom. The van der Waals surface area contributed by atoms with Gasteiger partial charge in [0.15, 0.2) is 5.78 Å². The van der Waals surface area contributed by atoms with E-state index in [2.05, 4.69) is 6.92 Å². The normalized spacial score (nSPS) is 11.1. The molecular weight excluding hydrogens is 318 g/mol. The quantitative estimate of drug-likeness (QED) is 0.586. The van der Waals surface area contributed by atoms with Gasteiger partial charge in [-0.25, -0.2) is 0 Å². The number of allylic oxidation sites excluding steroid dienone is 3. The molecule has 0 spiro atoms. The van der Waals surface area contributed by atoms with Crippen LogP contribution in [0.25, 0.3) is 11.6 Å². The number of hydrogen-bond donors (Lipinski definition) is 1. The van der Waals surface area contributed by atoms with Crippen LogP contribution in [0.5, 0.6) is 0 Å². The number of benzene rings is 2. The van der Waals surface area contributed by atoms with Gasteiger partial charge in [0.1, 0.15) is 0 Å². The molecule has 0 aliphatic heterocycles. The van der Waals surface area contributed by atoms with Crippen LogP contribution < -0.4 is 5.73 Å². The first-order valence-electron chi connectivity index (χ1n) is 8.02. The summed E-state index contributed by atoms with van der Waals surface area (Å²) in [6.07, 6.45) is 6.31. The molecule has 0 amide bonds. The van der Waals surface area contributed by atoms with Gasteiger partial charge in [0.05, 0.1) is 0 Å². The van der Waals surface area contributed by atoms with Gasteiger partial charge in [0.25, 0.3) is 0 Å². The first kappa shape index (κ1) is 19.9. The van der Waals surface area contributed by atoms with Crippen molar-refractivity contribution < 1.29 is 4.79 Å². The van der Waals surface area contributed by atoms with Gasteiger partial charge < -0.3 is 5.73 Å². The minimum absolute atomic E-state index is 0.00588. The lowest BCUT2D eigenvalue weighted by Crippen LogP contribution is -1.97. The summed E-state index contributed by atoms with van der Waals surface area (Å²) in [6.45, 7) is 4.71. The van der Waals surface area contributed by atoms with E-state index in [1.54, 1.807) is 12.2 Å². The van der Waals surface area contributed by atoms with Crippen LogP contribution in [0.2, 0.25) is 5.02 Å². The van der Waals surface area contributed by atoms with E-state index < -0.39 is 0 Å².